The van der Waals surface area contributed by atoms with E-state index >= 15 is 0 Å². The number of hydrogen-bond donors (Lipinski definition) is 1. The molecule has 0 aromatic heterocycles. The predicted molar refractivity (Wildman–Crippen MR) is 93.3 cm³/mol. The van der Waals surface area contributed by atoms with Crippen LogP contribution < -0.4 is 4.74 Å². The van der Waals surface area contributed by atoms with Gasteiger partial charge in [-0.15, -0.1) is 0 Å². The van der Waals surface area contributed by atoms with E-state index in [0.717, 1.165) is 18.7 Å². The summed E-state index contributed by atoms with van der Waals surface area (Å²) in [6.07, 6.45) is 1.20. The number of benzene rings is 2. The Bertz CT molecular complexity index is 711. The zero-order valence-corrected chi connectivity index (χ0v) is 14.1. The van der Waals surface area contributed by atoms with Crippen LogP contribution in [0.3, 0.4) is 0 Å². The average Bonchev–Trinajstić information content (AvgIpc) is 2.99. The van der Waals surface area contributed by atoms with Crippen molar-refractivity contribution >= 4 is 5.91 Å². The van der Waals surface area contributed by atoms with Crippen molar-refractivity contribution in [3.63, 3.8) is 0 Å². The number of methoxy groups -OCH3 is 1. The van der Waals surface area contributed by atoms with Gasteiger partial charge in [0.25, 0.3) is 0 Å². The smallest absolute Gasteiger partial charge is 0.227 e. The van der Waals surface area contributed by atoms with E-state index < -0.39 is 0 Å². The number of likely N-dealkylation sites (tertiary alicyclic amines) is 1. The van der Waals surface area contributed by atoms with Gasteiger partial charge in [0, 0.05) is 24.1 Å². The molecule has 4 heteroatoms. The summed E-state index contributed by atoms with van der Waals surface area (Å²) < 4.78 is 5.20. The number of carbonyl (C=O) groups is 1. The van der Waals surface area contributed by atoms with Crippen molar-refractivity contribution in [1.29, 1.82) is 0 Å². The van der Waals surface area contributed by atoms with Gasteiger partial charge in [0.05, 0.1) is 13.5 Å². The summed E-state index contributed by atoms with van der Waals surface area (Å²) in [6, 6.07) is 15.3. The average molecular weight is 325 g/mol. The van der Waals surface area contributed by atoms with Gasteiger partial charge in [-0.3, -0.25) is 4.79 Å². The van der Waals surface area contributed by atoms with E-state index in [2.05, 4.69) is 19.1 Å². The highest BCUT2D eigenvalue weighted by atomic mass is 16.5. The van der Waals surface area contributed by atoms with Gasteiger partial charge in [-0.1, -0.05) is 30.3 Å². The number of ether oxygens (including phenoxy) is 1. The van der Waals surface area contributed by atoms with Crippen LogP contribution in [0.4, 0.5) is 0 Å². The summed E-state index contributed by atoms with van der Waals surface area (Å²) in [5.74, 6) is 1.45. The molecule has 1 fully saturated rings. The lowest BCUT2D eigenvalue weighted by molar-refractivity contribution is -0.131. The summed E-state index contributed by atoms with van der Waals surface area (Å²) in [4.78, 5) is 14.6. The molecule has 2 aromatic rings. The Morgan fingerprint density at radius 2 is 1.92 bits per heavy atom. The monoisotopic (exact) mass is 325 g/mol. The number of nitrogens with zero attached hydrogens (tertiary/aromatic N) is 1. The van der Waals surface area contributed by atoms with Crippen LogP contribution >= 0.6 is 0 Å². The molecule has 0 aliphatic carbocycles. The largest absolute Gasteiger partial charge is 0.508 e. The SMILES string of the molecule is COc1ccc([C@H]2C[C@@H](C)N(C(=O)Cc3ccccc3O)C2)cc1. The van der Waals surface area contributed by atoms with Gasteiger partial charge in [-0.25, -0.2) is 0 Å². The summed E-state index contributed by atoms with van der Waals surface area (Å²) in [7, 11) is 1.66. The zero-order valence-electron chi connectivity index (χ0n) is 14.1. The second-order valence-corrected chi connectivity index (χ2v) is 6.41. The van der Waals surface area contributed by atoms with Gasteiger partial charge < -0.3 is 14.7 Å². The van der Waals surface area contributed by atoms with Gasteiger partial charge in [0.2, 0.25) is 5.91 Å². The van der Waals surface area contributed by atoms with Crippen molar-refractivity contribution in [1.82, 2.24) is 4.90 Å². The second-order valence-electron chi connectivity index (χ2n) is 6.41. The number of aromatic hydroxyl groups is 1. The van der Waals surface area contributed by atoms with Crippen LogP contribution in [0.2, 0.25) is 0 Å². The van der Waals surface area contributed by atoms with Crippen LogP contribution in [-0.2, 0) is 11.2 Å². The number of amides is 1. The molecule has 1 aliphatic heterocycles. The molecule has 24 heavy (non-hydrogen) atoms. The molecular formula is C20H23NO3. The zero-order chi connectivity index (χ0) is 17.1. The third-order valence-electron chi connectivity index (χ3n) is 4.82. The first-order valence-electron chi connectivity index (χ1n) is 8.28. The molecule has 2 atom stereocenters. The van der Waals surface area contributed by atoms with Crippen LogP contribution in [0.5, 0.6) is 11.5 Å². The van der Waals surface area contributed by atoms with E-state index in [4.69, 9.17) is 4.74 Å². The highest BCUT2D eigenvalue weighted by molar-refractivity contribution is 5.80. The molecule has 1 N–H and O–H groups in total. The standard InChI is InChI=1S/C20H23NO3/c1-14-11-17(15-7-9-18(24-2)10-8-15)13-21(14)20(23)12-16-5-3-4-6-19(16)22/h3-10,14,17,22H,11-13H2,1-2H3/t14-,17+/m1/s1. The lowest BCUT2D eigenvalue weighted by Gasteiger charge is -2.21. The number of para-hydroxylation sites is 1. The first-order chi connectivity index (χ1) is 11.6. The summed E-state index contributed by atoms with van der Waals surface area (Å²) >= 11 is 0. The Hall–Kier alpha value is -2.49. The molecule has 126 valence electrons. The third-order valence-corrected chi connectivity index (χ3v) is 4.82. The Morgan fingerprint density at radius 1 is 1.21 bits per heavy atom. The van der Waals surface area contributed by atoms with Crippen molar-refractivity contribution in [3.8, 4) is 11.5 Å². The van der Waals surface area contributed by atoms with Gasteiger partial charge >= 0.3 is 0 Å². The van der Waals surface area contributed by atoms with Gasteiger partial charge in [-0.2, -0.15) is 0 Å². The van der Waals surface area contributed by atoms with Crippen LogP contribution in [0.15, 0.2) is 48.5 Å². The van der Waals surface area contributed by atoms with E-state index in [9.17, 15) is 9.90 Å². The molecule has 4 nitrogen and oxygen atoms in total. The number of hydrogen-bond acceptors (Lipinski definition) is 3. The van der Waals surface area contributed by atoms with Gasteiger partial charge in [0.1, 0.15) is 11.5 Å². The van der Waals surface area contributed by atoms with Crippen molar-refractivity contribution in [2.24, 2.45) is 0 Å². The van der Waals surface area contributed by atoms with Gasteiger partial charge in [0.15, 0.2) is 0 Å². The topological polar surface area (TPSA) is 49.8 Å². The molecule has 1 saturated heterocycles. The van der Waals surface area contributed by atoms with Crippen molar-refractivity contribution < 1.29 is 14.6 Å². The fourth-order valence-electron chi connectivity index (χ4n) is 3.42. The first kappa shape index (κ1) is 16.4. The molecule has 0 radical (unpaired) electrons. The first-order valence-corrected chi connectivity index (χ1v) is 8.28. The molecule has 0 unspecified atom stereocenters. The Morgan fingerprint density at radius 3 is 2.58 bits per heavy atom. The Kier molecular flexibility index (Phi) is 4.74. The minimum absolute atomic E-state index is 0.0695. The van der Waals surface area contributed by atoms with Crippen LogP contribution in [0, 0.1) is 0 Å². The minimum atomic E-state index is 0.0695. The molecule has 1 amide bonds. The molecular weight excluding hydrogens is 302 g/mol. The fraction of sp³-hybridized carbons (Fsp3) is 0.350. The molecule has 1 aliphatic rings. The van der Waals surface area contributed by atoms with Crippen molar-refractivity contribution in [2.75, 3.05) is 13.7 Å². The Labute approximate surface area is 142 Å². The van der Waals surface area contributed by atoms with E-state index in [0.29, 0.717) is 11.5 Å². The lowest BCUT2D eigenvalue weighted by atomic mass is 9.97. The molecule has 1 heterocycles. The highest BCUT2D eigenvalue weighted by Gasteiger charge is 2.33. The van der Waals surface area contributed by atoms with Crippen molar-refractivity contribution in [2.45, 2.75) is 31.7 Å². The maximum Gasteiger partial charge on any atom is 0.227 e. The van der Waals surface area contributed by atoms with E-state index in [-0.39, 0.29) is 24.1 Å². The number of phenolic OH excluding ortho intramolecular Hbond substituents is 1. The third kappa shape index (κ3) is 3.37. The van der Waals surface area contributed by atoms with Crippen molar-refractivity contribution in [3.05, 3.63) is 59.7 Å². The molecule has 3 rings (SSSR count). The van der Waals surface area contributed by atoms with E-state index in [1.807, 2.05) is 23.1 Å². The quantitative estimate of drug-likeness (QED) is 0.938. The van der Waals surface area contributed by atoms with Crippen LogP contribution in [0.1, 0.15) is 30.4 Å². The molecule has 0 saturated carbocycles. The second kappa shape index (κ2) is 6.95. The molecule has 2 aromatic carbocycles. The van der Waals surface area contributed by atoms with E-state index in [1.165, 1.54) is 5.56 Å². The summed E-state index contributed by atoms with van der Waals surface area (Å²) in [5.41, 5.74) is 1.92. The van der Waals surface area contributed by atoms with Crippen LogP contribution in [-0.4, -0.2) is 35.6 Å². The fourth-order valence-corrected chi connectivity index (χ4v) is 3.42. The Balaban J connectivity index is 1.68. The predicted octanol–water partition coefficient (Wildman–Crippen LogP) is 3.35. The molecule has 0 bridgehead atoms. The highest BCUT2D eigenvalue weighted by Crippen LogP contribution is 2.33. The minimum Gasteiger partial charge on any atom is -0.508 e. The molecule has 0 spiro atoms. The number of carbonyl (C=O) groups excluding carboxylic acids is 1. The number of phenols is 1. The lowest BCUT2D eigenvalue weighted by Crippen LogP contribution is -2.35. The maximum absolute atomic E-state index is 12.6. The van der Waals surface area contributed by atoms with Crippen LogP contribution in [0.25, 0.3) is 0 Å². The summed E-state index contributed by atoms with van der Waals surface area (Å²) in [6.45, 7) is 2.81. The summed E-state index contributed by atoms with van der Waals surface area (Å²) in [5, 5.41) is 9.86. The number of rotatable bonds is 4. The van der Waals surface area contributed by atoms with Gasteiger partial charge in [-0.05, 0) is 37.1 Å². The maximum atomic E-state index is 12.6. The van der Waals surface area contributed by atoms with E-state index in [1.54, 1.807) is 25.3 Å². The normalized spacial score (nSPS) is 20.2.